The van der Waals surface area contributed by atoms with Crippen LogP contribution in [0.5, 0.6) is 0 Å². The number of hydrogen-bond acceptors (Lipinski definition) is 0. The molecule has 0 heteroatoms. The fourth-order valence-corrected chi connectivity index (χ4v) is 9.77. The molecule has 2 aromatic rings. The average Bonchev–Trinajstić information content (AvgIpc) is 3.67. The smallest absolute Gasteiger partial charge is 0.0130 e. The largest absolute Gasteiger partial charge is 0.0771 e. The number of rotatable bonds is 11. The zero-order valence-corrected chi connectivity index (χ0v) is 29.3. The number of benzene rings is 2. The van der Waals surface area contributed by atoms with Crippen LogP contribution in [0.1, 0.15) is 164 Å². The van der Waals surface area contributed by atoms with Gasteiger partial charge in [-0.3, -0.25) is 0 Å². The summed E-state index contributed by atoms with van der Waals surface area (Å²) >= 11 is 0. The van der Waals surface area contributed by atoms with Gasteiger partial charge in [0.05, 0.1) is 0 Å². The van der Waals surface area contributed by atoms with Crippen LogP contribution in [0.4, 0.5) is 0 Å². The van der Waals surface area contributed by atoms with Gasteiger partial charge in [-0.05, 0) is 133 Å². The molecule has 0 aliphatic heterocycles. The second kappa shape index (κ2) is 11.6. The van der Waals surface area contributed by atoms with Gasteiger partial charge < -0.3 is 0 Å². The van der Waals surface area contributed by atoms with E-state index >= 15 is 0 Å². The minimum atomic E-state index is 0.170. The Labute approximate surface area is 269 Å². The molecule has 4 aliphatic carbocycles. The first-order chi connectivity index (χ1) is 21.3. The quantitative estimate of drug-likeness (QED) is 0.230. The molecule has 0 spiro atoms. The maximum absolute atomic E-state index is 2.66. The van der Waals surface area contributed by atoms with Crippen molar-refractivity contribution in [1.29, 1.82) is 0 Å². The maximum atomic E-state index is 2.66. The molecule has 4 aliphatic rings. The number of fused-ring (bicyclic) bond motifs is 4. The molecule has 0 atom stereocenters. The standard InChI is InChI=1S/C44H58/c1-9-41(10-2)23-25-43(13-5,14-6)39-29-35-31(19-21-33(35)27-37(39)41)17-18-32-20-22-34-28-38-40(30-36(32)34)44(15-7,16-8)26-24-42(38,11-3)12-4/h19-20,23-30H,9-18,21-22H2,1-8H3. The summed E-state index contributed by atoms with van der Waals surface area (Å²) in [6.07, 6.45) is 29.4. The molecule has 0 saturated heterocycles. The van der Waals surface area contributed by atoms with E-state index in [9.17, 15) is 0 Å². The third kappa shape index (κ3) is 4.44. The number of hydrogen-bond donors (Lipinski definition) is 0. The van der Waals surface area contributed by atoms with Crippen LogP contribution in [0.15, 0.2) is 60.7 Å². The van der Waals surface area contributed by atoms with E-state index in [1.54, 1.807) is 55.7 Å². The molecule has 0 fully saturated rings. The topological polar surface area (TPSA) is 0 Å². The van der Waals surface area contributed by atoms with E-state index in [2.05, 4.69) is 116 Å². The predicted molar refractivity (Wildman–Crippen MR) is 193 cm³/mol. The Morgan fingerprint density at radius 1 is 0.409 bits per heavy atom. The number of allylic oxidation sites excluding steroid dienone is 8. The highest BCUT2D eigenvalue weighted by atomic mass is 14.5. The van der Waals surface area contributed by atoms with Crippen molar-refractivity contribution < 1.29 is 0 Å². The molecule has 0 nitrogen and oxygen atoms in total. The average molecular weight is 587 g/mol. The molecule has 2 aromatic carbocycles. The molecule has 0 saturated carbocycles. The monoisotopic (exact) mass is 586 g/mol. The highest BCUT2D eigenvalue weighted by Crippen LogP contribution is 2.52. The molecule has 0 N–H and O–H groups in total. The van der Waals surface area contributed by atoms with E-state index < -0.39 is 0 Å². The van der Waals surface area contributed by atoms with Gasteiger partial charge in [0, 0.05) is 21.7 Å². The van der Waals surface area contributed by atoms with Crippen LogP contribution in [0, 0.1) is 0 Å². The van der Waals surface area contributed by atoms with Crippen molar-refractivity contribution in [3.8, 4) is 0 Å². The Morgan fingerprint density at radius 2 is 0.682 bits per heavy atom. The molecule has 0 heterocycles. The minimum Gasteiger partial charge on any atom is -0.0771 e. The maximum Gasteiger partial charge on any atom is 0.0130 e. The van der Waals surface area contributed by atoms with E-state index in [4.69, 9.17) is 0 Å². The Morgan fingerprint density at radius 3 is 0.955 bits per heavy atom. The molecule has 0 unspecified atom stereocenters. The van der Waals surface area contributed by atoms with Gasteiger partial charge in [-0.25, -0.2) is 0 Å². The van der Waals surface area contributed by atoms with Gasteiger partial charge in [-0.2, -0.15) is 0 Å². The molecule has 0 radical (unpaired) electrons. The zero-order chi connectivity index (χ0) is 31.3. The van der Waals surface area contributed by atoms with Crippen molar-refractivity contribution >= 4 is 11.1 Å². The van der Waals surface area contributed by atoms with Gasteiger partial charge in [-0.15, -0.1) is 0 Å². The van der Waals surface area contributed by atoms with Crippen LogP contribution in [-0.4, -0.2) is 0 Å². The minimum absolute atomic E-state index is 0.170. The van der Waals surface area contributed by atoms with Crippen LogP contribution < -0.4 is 0 Å². The first-order valence-electron chi connectivity index (χ1n) is 18.4. The first kappa shape index (κ1) is 31.4. The summed E-state index contributed by atoms with van der Waals surface area (Å²) in [5, 5.41) is 0. The second-order valence-corrected chi connectivity index (χ2v) is 14.6. The molecular formula is C44H58. The Balaban J connectivity index is 1.32. The lowest BCUT2D eigenvalue weighted by Crippen LogP contribution is -2.35. The summed E-state index contributed by atoms with van der Waals surface area (Å²) in [5.41, 5.74) is 16.6. The van der Waals surface area contributed by atoms with Crippen LogP contribution >= 0.6 is 0 Å². The van der Waals surface area contributed by atoms with Gasteiger partial charge in [0.25, 0.3) is 0 Å². The molecule has 0 amide bonds. The fraction of sp³-hybridized carbons (Fsp3) is 0.545. The summed E-state index contributed by atoms with van der Waals surface area (Å²) < 4.78 is 0. The summed E-state index contributed by atoms with van der Waals surface area (Å²) in [4.78, 5) is 0. The van der Waals surface area contributed by atoms with Gasteiger partial charge in [0.2, 0.25) is 0 Å². The SMILES string of the molecule is CCC1(CC)C=CC(CC)(CC)c2cc3c(cc21)CC=C3CCC1=CCc2cc3c(cc21)C(CC)(CC)C=CC3(CC)CC. The molecular weight excluding hydrogens is 528 g/mol. The van der Waals surface area contributed by atoms with Crippen LogP contribution in [-0.2, 0) is 34.5 Å². The van der Waals surface area contributed by atoms with E-state index in [0.717, 1.165) is 25.7 Å². The van der Waals surface area contributed by atoms with Gasteiger partial charge in [0.15, 0.2) is 0 Å². The van der Waals surface area contributed by atoms with E-state index in [0.29, 0.717) is 0 Å². The highest BCUT2D eigenvalue weighted by molar-refractivity contribution is 5.80. The van der Waals surface area contributed by atoms with Gasteiger partial charge in [-0.1, -0.05) is 116 Å². The Hall–Kier alpha value is -2.60. The molecule has 0 bridgehead atoms. The van der Waals surface area contributed by atoms with Crippen molar-refractivity contribution in [2.45, 2.75) is 154 Å². The molecule has 0 aromatic heterocycles. The summed E-state index contributed by atoms with van der Waals surface area (Å²) in [6, 6.07) is 10.6. The predicted octanol–water partition coefficient (Wildman–Crippen LogP) is 12.4. The summed E-state index contributed by atoms with van der Waals surface area (Å²) in [5.74, 6) is 0. The molecule has 6 rings (SSSR count). The third-order valence-corrected chi connectivity index (χ3v) is 13.6. The van der Waals surface area contributed by atoms with Crippen LogP contribution in [0.3, 0.4) is 0 Å². The van der Waals surface area contributed by atoms with Gasteiger partial charge in [0.1, 0.15) is 0 Å². The van der Waals surface area contributed by atoms with Crippen molar-refractivity contribution in [3.63, 3.8) is 0 Å². The van der Waals surface area contributed by atoms with Crippen LogP contribution in [0.25, 0.3) is 11.1 Å². The first-order valence-corrected chi connectivity index (χ1v) is 18.4. The lowest BCUT2D eigenvalue weighted by molar-refractivity contribution is 0.418. The molecule has 234 valence electrons. The lowest BCUT2D eigenvalue weighted by atomic mass is 9.60. The summed E-state index contributed by atoms with van der Waals surface area (Å²) in [7, 11) is 0. The van der Waals surface area contributed by atoms with E-state index in [1.165, 1.54) is 51.4 Å². The summed E-state index contributed by atoms with van der Waals surface area (Å²) in [6.45, 7) is 19.1. The van der Waals surface area contributed by atoms with Crippen LogP contribution in [0.2, 0.25) is 0 Å². The second-order valence-electron chi connectivity index (χ2n) is 14.6. The Bertz CT molecular complexity index is 1420. The normalized spacial score (nSPS) is 20.9. The van der Waals surface area contributed by atoms with E-state index in [1.807, 2.05) is 0 Å². The lowest BCUT2D eigenvalue weighted by Gasteiger charge is -2.43. The van der Waals surface area contributed by atoms with Crippen molar-refractivity contribution in [2.75, 3.05) is 0 Å². The van der Waals surface area contributed by atoms with Crippen molar-refractivity contribution in [2.24, 2.45) is 0 Å². The van der Waals surface area contributed by atoms with E-state index in [-0.39, 0.29) is 21.7 Å². The van der Waals surface area contributed by atoms with Crippen molar-refractivity contribution in [3.05, 3.63) is 105 Å². The third-order valence-electron chi connectivity index (χ3n) is 13.6. The fourth-order valence-electron chi connectivity index (χ4n) is 9.77. The molecule has 44 heavy (non-hydrogen) atoms. The zero-order valence-electron chi connectivity index (χ0n) is 29.3. The Kier molecular flexibility index (Phi) is 8.30. The van der Waals surface area contributed by atoms with Gasteiger partial charge >= 0.3 is 0 Å². The van der Waals surface area contributed by atoms with Crippen molar-refractivity contribution in [1.82, 2.24) is 0 Å². The highest BCUT2D eigenvalue weighted by Gasteiger charge is 2.42.